The molecule has 3 nitrogen and oxygen atoms in total. The number of nitrogens with zero attached hydrogens (tertiary/aromatic N) is 1. The Hall–Kier alpha value is -0.900. The smallest absolute Gasteiger partial charge is 0.0594 e. The summed E-state index contributed by atoms with van der Waals surface area (Å²) in [5.74, 6) is 0. The van der Waals surface area contributed by atoms with Gasteiger partial charge in [0.1, 0.15) is 0 Å². The molecule has 106 valence electrons. The molecule has 0 aromatic heterocycles. The van der Waals surface area contributed by atoms with Crippen molar-refractivity contribution in [1.82, 2.24) is 4.90 Å². The average molecular weight is 262 g/mol. The Bertz CT molecular complexity index is 401. The number of hydrogen-bond donors (Lipinski definition) is 1. The first-order valence-corrected chi connectivity index (χ1v) is 7.17. The van der Waals surface area contributed by atoms with Crippen LogP contribution < -0.4 is 5.73 Å². The third-order valence-corrected chi connectivity index (χ3v) is 3.92. The summed E-state index contributed by atoms with van der Waals surface area (Å²) in [6.07, 6.45) is 1.04. The van der Waals surface area contributed by atoms with Crippen LogP contribution in [0.25, 0.3) is 0 Å². The third kappa shape index (κ3) is 4.30. The molecular weight excluding hydrogens is 236 g/mol. The molecule has 0 bridgehead atoms. The Morgan fingerprint density at radius 2 is 2.05 bits per heavy atom. The van der Waals surface area contributed by atoms with Gasteiger partial charge in [-0.3, -0.25) is 4.90 Å². The van der Waals surface area contributed by atoms with Gasteiger partial charge >= 0.3 is 0 Å². The quantitative estimate of drug-likeness (QED) is 0.880. The minimum absolute atomic E-state index is 0.144. The first-order valence-electron chi connectivity index (χ1n) is 7.17. The molecule has 1 unspecified atom stereocenters. The second-order valence-electron chi connectivity index (χ2n) is 6.07. The summed E-state index contributed by atoms with van der Waals surface area (Å²) in [5.41, 5.74) is 8.91. The zero-order valence-electron chi connectivity index (χ0n) is 12.2. The van der Waals surface area contributed by atoms with Gasteiger partial charge in [0.05, 0.1) is 13.2 Å². The fraction of sp³-hybridized carbons (Fsp3) is 0.625. The van der Waals surface area contributed by atoms with Crippen molar-refractivity contribution in [3.05, 3.63) is 35.4 Å². The van der Waals surface area contributed by atoms with E-state index in [9.17, 15) is 0 Å². The molecule has 19 heavy (non-hydrogen) atoms. The van der Waals surface area contributed by atoms with Crippen LogP contribution in [0.2, 0.25) is 0 Å². The fourth-order valence-corrected chi connectivity index (χ4v) is 2.81. The topological polar surface area (TPSA) is 38.5 Å². The second-order valence-corrected chi connectivity index (χ2v) is 6.07. The molecule has 0 spiro atoms. The van der Waals surface area contributed by atoms with Crippen LogP contribution in [0.3, 0.4) is 0 Å². The lowest BCUT2D eigenvalue weighted by Crippen LogP contribution is -2.46. The summed E-state index contributed by atoms with van der Waals surface area (Å²) in [6.45, 7) is 9.98. The van der Waals surface area contributed by atoms with E-state index in [4.69, 9.17) is 10.5 Å². The Labute approximate surface area is 116 Å². The van der Waals surface area contributed by atoms with Crippen LogP contribution in [0.4, 0.5) is 0 Å². The highest BCUT2D eigenvalue weighted by Crippen LogP contribution is 2.24. The second kappa shape index (κ2) is 6.51. The molecule has 1 saturated heterocycles. The number of hydrogen-bond acceptors (Lipinski definition) is 3. The Kier molecular flexibility index (Phi) is 4.97. The fourth-order valence-electron chi connectivity index (χ4n) is 2.81. The standard InChI is InChI=1S/C16H26N2O/c1-14-4-3-5-15(10-14)11-16(2,12-17)13-18-6-8-19-9-7-18/h3-5,10H,6-9,11-13,17H2,1-2H3. The van der Waals surface area contributed by atoms with Crippen LogP contribution in [0.1, 0.15) is 18.1 Å². The predicted octanol–water partition coefficient (Wildman–Crippen LogP) is 1.83. The normalized spacial score (nSPS) is 20.2. The number of ether oxygens (including phenoxy) is 1. The molecule has 2 N–H and O–H groups in total. The maximum absolute atomic E-state index is 6.05. The molecule has 1 aliphatic rings. The van der Waals surface area contributed by atoms with E-state index in [1.807, 2.05) is 0 Å². The highest BCUT2D eigenvalue weighted by Gasteiger charge is 2.27. The van der Waals surface area contributed by atoms with E-state index in [1.165, 1.54) is 11.1 Å². The Morgan fingerprint density at radius 1 is 1.32 bits per heavy atom. The molecule has 1 aromatic rings. The molecule has 1 atom stereocenters. The van der Waals surface area contributed by atoms with Crippen LogP contribution in [0.5, 0.6) is 0 Å². The SMILES string of the molecule is Cc1cccc(CC(C)(CN)CN2CCOCC2)c1. The van der Waals surface area contributed by atoms with E-state index in [-0.39, 0.29) is 5.41 Å². The Morgan fingerprint density at radius 3 is 2.68 bits per heavy atom. The molecule has 1 aromatic carbocycles. The lowest BCUT2D eigenvalue weighted by Gasteiger charge is -2.36. The van der Waals surface area contributed by atoms with Gasteiger partial charge in [-0.2, -0.15) is 0 Å². The molecule has 1 heterocycles. The minimum atomic E-state index is 0.144. The number of aryl methyl sites for hydroxylation is 1. The highest BCUT2D eigenvalue weighted by atomic mass is 16.5. The summed E-state index contributed by atoms with van der Waals surface area (Å²) >= 11 is 0. The average Bonchev–Trinajstić information content (AvgIpc) is 2.40. The van der Waals surface area contributed by atoms with Gasteiger partial charge in [-0.1, -0.05) is 36.8 Å². The molecule has 1 aliphatic heterocycles. The number of benzene rings is 1. The van der Waals surface area contributed by atoms with Crippen molar-refractivity contribution >= 4 is 0 Å². The van der Waals surface area contributed by atoms with Gasteiger partial charge in [0, 0.05) is 19.6 Å². The van der Waals surface area contributed by atoms with E-state index in [2.05, 4.69) is 43.0 Å². The first-order chi connectivity index (χ1) is 9.11. The zero-order chi connectivity index (χ0) is 13.7. The molecule has 2 rings (SSSR count). The summed E-state index contributed by atoms with van der Waals surface area (Å²) in [5, 5.41) is 0. The number of rotatable bonds is 5. The van der Waals surface area contributed by atoms with Gasteiger partial charge in [-0.05, 0) is 30.9 Å². The van der Waals surface area contributed by atoms with Crippen molar-refractivity contribution in [2.45, 2.75) is 20.3 Å². The van der Waals surface area contributed by atoms with Crippen LogP contribution in [-0.4, -0.2) is 44.3 Å². The molecule has 0 amide bonds. The lowest BCUT2D eigenvalue weighted by molar-refractivity contribution is 0.0198. The van der Waals surface area contributed by atoms with Crippen molar-refractivity contribution < 1.29 is 4.74 Å². The zero-order valence-corrected chi connectivity index (χ0v) is 12.2. The first kappa shape index (κ1) is 14.5. The van der Waals surface area contributed by atoms with Crippen molar-refractivity contribution in [3.63, 3.8) is 0 Å². The van der Waals surface area contributed by atoms with Crippen LogP contribution in [-0.2, 0) is 11.2 Å². The molecule has 0 aliphatic carbocycles. The van der Waals surface area contributed by atoms with Gasteiger partial charge in [-0.25, -0.2) is 0 Å². The Balaban J connectivity index is 2.00. The summed E-state index contributed by atoms with van der Waals surface area (Å²) in [7, 11) is 0. The summed E-state index contributed by atoms with van der Waals surface area (Å²) < 4.78 is 5.41. The highest BCUT2D eigenvalue weighted by molar-refractivity contribution is 5.23. The van der Waals surface area contributed by atoms with E-state index >= 15 is 0 Å². The van der Waals surface area contributed by atoms with Gasteiger partial charge in [0.15, 0.2) is 0 Å². The maximum atomic E-state index is 6.05. The van der Waals surface area contributed by atoms with Gasteiger partial charge < -0.3 is 10.5 Å². The van der Waals surface area contributed by atoms with Crippen molar-refractivity contribution in [3.8, 4) is 0 Å². The number of nitrogens with two attached hydrogens (primary N) is 1. The van der Waals surface area contributed by atoms with Gasteiger partial charge in [-0.15, -0.1) is 0 Å². The largest absolute Gasteiger partial charge is 0.379 e. The minimum Gasteiger partial charge on any atom is -0.379 e. The van der Waals surface area contributed by atoms with Crippen molar-refractivity contribution in [2.24, 2.45) is 11.1 Å². The molecular formula is C16H26N2O. The summed E-state index contributed by atoms with van der Waals surface area (Å²) in [4.78, 5) is 2.48. The number of morpholine rings is 1. The molecule has 0 saturated carbocycles. The molecule has 3 heteroatoms. The van der Waals surface area contributed by atoms with E-state index < -0.39 is 0 Å². The predicted molar refractivity (Wildman–Crippen MR) is 79.3 cm³/mol. The van der Waals surface area contributed by atoms with Gasteiger partial charge in [0.25, 0.3) is 0 Å². The van der Waals surface area contributed by atoms with Crippen LogP contribution >= 0.6 is 0 Å². The summed E-state index contributed by atoms with van der Waals surface area (Å²) in [6, 6.07) is 8.76. The molecule has 1 fully saturated rings. The van der Waals surface area contributed by atoms with Gasteiger partial charge in [0.2, 0.25) is 0 Å². The van der Waals surface area contributed by atoms with Crippen LogP contribution in [0.15, 0.2) is 24.3 Å². The maximum Gasteiger partial charge on any atom is 0.0594 e. The molecule has 0 radical (unpaired) electrons. The van der Waals surface area contributed by atoms with E-state index in [0.717, 1.165) is 45.8 Å². The third-order valence-electron chi connectivity index (χ3n) is 3.92. The van der Waals surface area contributed by atoms with E-state index in [1.54, 1.807) is 0 Å². The lowest BCUT2D eigenvalue weighted by atomic mass is 9.82. The van der Waals surface area contributed by atoms with Crippen LogP contribution in [0, 0.1) is 12.3 Å². The van der Waals surface area contributed by atoms with E-state index in [0.29, 0.717) is 0 Å². The monoisotopic (exact) mass is 262 g/mol. The van der Waals surface area contributed by atoms with Crippen molar-refractivity contribution in [2.75, 3.05) is 39.4 Å². The van der Waals surface area contributed by atoms with Crippen molar-refractivity contribution in [1.29, 1.82) is 0 Å².